The second-order valence-corrected chi connectivity index (χ2v) is 6.87. The van der Waals surface area contributed by atoms with Gasteiger partial charge in [0.05, 0.1) is 0 Å². The molecule has 2 nitrogen and oxygen atoms in total. The third kappa shape index (κ3) is 7.46. The van der Waals surface area contributed by atoms with Crippen molar-refractivity contribution in [1.29, 1.82) is 0 Å². The molecule has 1 N–H and O–H groups in total. The molecule has 0 heterocycles. The highest BCUT2D eigenvalue weighted by atomic mass is 15.1. The molecule has 0 atom stereocenters. The van der Waals surface area contributed by atoms with Gasteiger partial charge in [-0.2, -0.15) is 0 Å². The van der Waals surface area contributed by atoms with Gasteiger partial charge in [-0.15, -0.1) is 0 Å². The molecule has 1 aromatic carbocycles. The van der Waals surface area contributed by atoms with Gasteiger partial charge in [0.2, 0.25) is 0 Å². The van der Waals surface area contributed by atoms with E-state index in [1.54, 1.807) is 0 Å². The Hall–Kier alpha value is -1.12. The molecule has 0 aromatic heterocycles. The van der Waals surface area contributed by atoms with E-state index in [4.69, 9.17) is 0 Å². The molecule has 112 valence electrons. The van der Waals surface area contributed by atoms with E-state index in [9.17, 15) is 0 Å². The standard InChI is InChI=1S/C18H30N2/c1-15(2)13-20(6)14-17-9-7-16(8-10-17)11-12-19-18(3,4)5/h7-10,19H,1,11-14H2,2-6H3. The first-order valence-corrected chi connectivity index (χ1v) is 7.42. The van der Waals surface area contributed by atoms with Gasteiger partial charge >= 0.3 is 0 Å². The molecule has 0 amide bonds. The number of likely N-dealkylation sites (N-methyl/N-ethyl adjacent to an activating group) is 1. The van der Waals surface area contributed by atoms with Gasteiger partial charge in [0, 0.05) is 18.6 Å². The molecule has 1 rings (SSSR count). The number of benzene rings is 1. The molecule has 0 aliphatic rings. The summed E-state index contributed by atoms with van der Waals surface area (Å²) in [5.74, 6) is 0. The Bertz CT molecular complexity index is 412. The summed E-state index contributed by atoms with van der Waals surface area (Å²) in [6.07, 6.45) is 1.08. The van der Waals surface area contributed by atoms with Gasteiger partial charge in [-0.25, -0.2) is 0 Å². The Morgan fingerprint density at radius 1 is 1.15 bits per heavy atom. The summed E-state index contributed by atoms with van der Waals surface area (Å²) in [6, 6.07) is 8.96. The smallest absolute Gasteiger partial charge is 0.0234 e. The minimum absolute atomic E-state index is 0.200. The lowest BCUT2D eigenvalue weighted by molar-refractivity contribution is 0.355. The molecule has 0 saturated heterocycles. The maximum absolute atomic E-state index is 3.96. The monoisotopic (exact) mass is 274 g/mol. The van der Waals surface area contributed by atoms with E-state index in [1.165, 1.54) is 16.7 Å². The van der Waals surface area contributed by atoms with Crippen LogP contribution in [0.5, 0.6) is 0 Å². The van der Waals surface area contributed by atoms with Gasteiger partial charge < -0.3 is 5.32 Å². The van der Waals surface area contributed by atoms with Crippen LogP contribution in [0.1, 0.15) is 38.8 Å². The molecule has 0 spiro atoms. The van der Waals surface area contributed by atoms with E-state index in [0.29, 0.717) is 0 Å². The fourth-order valence-electron chi connectivity index (χ4n) is 2.22. The summed E-state index contributed by atoms with van der Waals surface area (Å²) in [4.78, 5) is 2.29. The Balaban J connectivity index is 2.42. The van der Waals surface area contributed by atoms with Gasteiger partial charge in [-0.3, -0.25) is 4.90 Å². The topological polar surface area (TPSA) is 15.3 Å². The van der Waals surface area contributed by atoms with E-state index >= 15 is 0 Å². The lowest BCUT2D eigenvalue weighted by Gasteiger charge is -2.20. The lowest BCUT2D eigenvalue weighted by atomic mass is 10.1. The van der Waals surface area contributed by atoms with E-state index in [-0.39, 0.29) is 5.54 Å². The first-order chi connectivity index (χ1) is 9.26. The predicted octanol–water partition coefficient (Wildman–Crippen LogP) is 3.63. The van der Waals surface area contributed by atoms with Crippen LogP contribution in [0.3, 0.4) is 0 Å². The summed E-state index contributed by atoms with van der Waals surface area (Å²) in [5.41, 5.74) is 4.16. The normalized spacial score (nSPS) is 11.9. The number of rotatable bonds is 7. The van der Waals surface area contributed by atoms with Gasteiger partial charge in [0.1, 0.15) is 0 Å². The molecule has 0 radical (unpaired) electrons. The third-order valence-electron chi connectivity index (χ3n) is 3.08. The summed E-state index contributed by atoms with van der Waals surface area (Å²) >= 11 is 0. The van der Waals surface area contributed by atoms with E-state index in [1.807, 2.05) is 0 Å². The summed E-state index contributed by atoms with van der Waals surface area (Å²) in [5, 5.41) is 3.52. The number of nitrogens with one attached hydrogen (secondary N) is 1. The van der Waals surface area contributed by atoms with E-state index in [2.05, 4.69) is 75.8 Å². The minimum Gasteiger partial charge on any atom is -0.312 e. The number of hydrogen-bond donors (Lipinski definition) is 1. The zero-order valence-corrected chi connectivity index (χ0v) is 13.8. The quantitative estimate of drug-likeness (QED) is 0.764. The highest BCUT2D eigenvalue weighted by Crippen LogP contribution is 2.08. The van der Waals surface area contributed by atoms with Gasteiger partial charge in [0.25, 0.3) is 0 Å². The first-order valence-electron chi connectivity index (χ1n) is 7.42. The zero-order valence-electron chi connectivity index (χ0n) is 13.8. The fraction of sp³-hybridized carbons (Fsp3) is 0.556. The van der Waals surface area contributed by atoms with Gasteiger partial charge in [-0.05, 0) is 58.8 Å². The molecule has 2 heteroatoms. The van der Waals surface area contributed by atoms with Crippen molar-refractivity contribution in [2.45, 2.75) is 46.2 Å². The maximum atomic E-state index is 3.96. The summed E-state index contributed by atoms with van der Waals surface area (Å²) in [7, 11) is 2.13. The Morgan fingerprint density at radius 3 is 2.20 bits per heavy atom. The van der Waals surface area contributed by atoms with Crippen LogP contribution in [0, 0.1) is 0 Å². The second kappa shape index (κ2) is 7.61. The fourth-order valence-corrected chi connectivity index (χ4v) is 2.22. The first kappa shape index (κ1) is 16.9. The number of nitrogens with zero attached hydrogens (tertiary/aromatic N) is 1. The molecule has 0 unspecified atom stereocenters. The predicted molar refractivity (Wildman–Crippen MR) is 89.0 cm³/mol. The lowest BCUT2D eigenvalue weighted by Crippen LogP contribution is -2.37. The Morgan fingerprint density at radius 2 is 1.70 bits per heavy atom. The SMILES string of the molecule is C=C(C)CN(C)Cc1ccc(CCNC(C)(C)C)cc1. The third-order valence-corrected chi connectivity index (χ3v) is 3.08. The molecule has 1 aromatic rings. The number of hydrogen-bond acceptors (Lipinski definition) is 2. The molecule has 0 aliphatic carbocycles. The summed E-state index contributed by atoms with van der Waals surface area (Å²) in [6.45, 7) is 15.6. The van der Waals surface area contributed by atoms with E-state index in [0.717, 1.165) is 26.1 Å². The van der Waals surface area contributed by atoms with Gasteiger partial charge in [0.15, 0.2) is 0 Å². The Kier molecular flexibility index (Phi) is 6.44. The molecular formula is C18H30N2. The van der Waals surface area contributed by atoms with Crippen LogP contribution in [0.2, 0.25) is 0 Å². The van der Waals surface area contributed by atoms with E-state index < -0.39 is 0 Å². The highest BCUT2D eigenvalue weighted by Gasteiger charge is 2.07. The molecule has 20 heavy (non-hydrogen) atoms. The van der Waals surface area contributed by atoms with Crippen molar-refractivity contribution in [2.24, 2.45) is 0 Å². The van der Waals surface area contributed by atoms with Crippen molar-refractivity contribution >= 4 is 0 Å². The molecule has 0 saturated carbocycles. The van der Waals surface area contributed by atoms with Crippen molar-refractivity contribution in [1.82, 2.24) is 10.2 Å². The van der Waals surface area contributed by atoms with Crippen molar-refractivity contribution in [3.8, 4) is 0 Å². The highest BCUT2D eigenvalue weighted by molar-refractivity contribution is 5.23. The molecule has 0 bridgehead atoms. The van der Waals surface area contributed by atoms with Crippen molar-refractivity contribution in [3.05, 3.63) is 47.5 Å². The van der Waals surface area contributed by atoms with Crippen LogP contribution in [0.25, 0.3) is 0 Å². The van der Waals surface area contributed by atoms with Crippen LogP contribution in [0.15, 0.2) is 36.4 Å². The molecule has 0 fully saturated rings. The zero-order chi connectivity index (χ0) is 15.2. The molecular weight excluding hydrogens is 244 g/mol. The maximum Gasteiger partial charge on any atom is 0.0234 e. The van der Waals surface area contributed by atoms with Crippen LogP contribution in [-0.4, -0.2) is 30.6 Å². The minimum atomic E-state index is 0.200. The van der Waals surface area contributed by atoms with Crippen LogP contribution < -0.4 is 5.32 Å². The summed E-state index contributed by atoms with van der Waals surface area (Å²) < 4.78 is 0. The van der Waals surface area contributed by atoms with Crippen LogP contribution in [0.4, 0.5) is 0 Å². The Labute approximate surface area is 124 Å². The van der Waals surface area contributed by atoms with Crippen LogP contribution >= 0.6 is 0 Å². The largest absolute Gasteiger partial charge is 0.312 e. The van der Waals surface area contributed by atoms with Crippen molar-refractivity contribution < 1.29 is 0 Å². The van der Waals surface area contributed by atoms with Crippen molar-refractivity contribution in [3.63, 3.8) is 0 Å². The van der Waals surface area contributed by atoms with Gasteiger partial charge in [-0.1, -0.05) is 36.4 Å². The second-order valence-electron chi connectivity index (χ2n) is 6.87. The van der Waals surface area contributed by atoms with Crippen molar-refractivity contribution in [2.75, 3.05) is 20.1 Å². The average Bonchev–Trinajstić information content (AvgIpc) is 2.28. The average molecular weight is 274 g/mol. The molecule has 0 aliphatic heterocycles. The van der Waals surface area contributed by atoms with Crippen LogP contribution in [-0.2, 0) is 13.0 Å².